The van der Waals surface area contributed by atoms with Gasteiger partial charge in [-0.05, 0) is 24.6 Å². The van der Waals surface area contributed by atoms with Gasteiger partial charge in [-0.25, -0.2) is 0 Å². The minimum atomic E-state index is -4.34. The van der Waals surface area contributed by atoms with Crippen molar-refractivity contribution in [2.45, 2.75) is 25.6 Å². The zero-order valence-electron chi connectivity index (χ0n) is 11.6. The van der Waals surface area contributed by atoms with E-state index in [-0.39, 0.29) is 0 Å². The zero-order valence-corrected chi connectivity index (χ0v) is 12.3. The number of hydrogen-bond acceptors (Lipinski definition) is 2. The van der Waals surface area contributed by atoms with Crippen LogP contribution in [0, 0.1) is 6.92 Å². The lowest BCUT2D eigenvalue weighted by atomic mass is 10.0. The van der Waals surface area contributed by atoms with E-state index in [1.54, 1.807) is 18.7 Å². The Morgan fingerprint density at radius 1 is 1.29 bits per heavy atom. The summed E-state index contributed by atoms with van der Waals surface area (Å²) in [4.78, 5) is 0. The number of benzene rings is 1. The summed E-state index contributed by atoms with van der Waals surface area (Å²) in [6.07, 6.45) is -3.94. The number of rotatable bonds is 3. The van der Waals surface area contributed by atoms with Crippen molar-refractivity contribution in [3.8, 4) is 0 Å². The van der Waals surface area contributed by atoms with Crippen molar-refractivity contribution < 1.29 is 13.2 Å². The van der Waals surface area contributed by atoms with Crippen LogP contribution in [0.25, 0.3) is 0 Å². The van der Waals surface area contributed by atoms with Crippen LogP contribution in [-0.4, -0.2) is 9.78 Å². The maximum atomic E-state index is 12.5. The Labute approximate surface area is 125 Å². The Hall–Kier alpha value is -1.53. The molecule has 0 aliphatic heterocycles. The highest BCUT2D eigenvalue weighted by atomic mass is 35.5. The predicted molar refractivity (Wildman–Crippen MR) is 75.0 cm³/mol. The Balaban J connectivity index is 2.19. The molecule has 0 bridgehead atoms. The number of halogens is 4. The number of hydrogen-bond donors (Lipinski definition) is 1. The average molecular weight is 318 g/mol. The van der Waals surface area contributed by atoms with Gasteiger partial charge in [-0.3, -0.25) is 4.68 Å². The first kappa shape index (κ1) is 15.9. The molecule has 0 saturated carbocycles. The van der Waals surface area contributed by atoms with Gasteiger partial charge in [-0.2, -0.15) is 18.3 Å². The topological polar surface area (TPSA) is 43.8 Å². The van der Waals surface area contributed by atoms with E-state index in [2.05, 4.69) is 5.10 Å². The maximum Gasteiger partial charge on any atom is 0.416 e. The van der Waals surface area contributed by atoms with Crippen LogP contribution in [0.15, 0.2) is 24.3 Å². The van der Waals surface area contributed by atoms with Gasteiger partial charge < -0.3 is 5.73 Å². The third-order valence-electron chi connectivity index (χ3n) is 3.34. The van der Waals surface area contributed by atoms with Crippen LogP contribution < -0.4 is 5.73 Å². The quantitative estimate of drug-likeness (QED) is 0.939. The molecule has 0 radical (unpaired) electrons. The summed E-state index contributed by atoms with van der Waals surface area (Å²) in [5.74, 6) is 0. The van der Waals surface area contributed by atoms with Gasteiger partial charge >= 0.3 is 6.18 Å². The van der Waals surface area contributed by atoms with Crippen LogP contribution >= 0.6 is 11.6 Å². The first-order valence-corrected chi connectivity index (χ1v) is 6.68. The first-order valence-electron chi connectivity index (χ1n) is 6.31. The molecular weight excluding hydrogens is 303 g/mol. The summed E-state index contributed by atoms with van der Waals surface area (Å²) < 4.78 is 39.2. The highest BCUT2D eigenvalue weighted by Crippen LogP contribution is 2.30. The normalized spacial score (nSPS) is 13.5. The van der Waals surface area contributed by atoms with Crippen molar-refractivity contribution in [1.29, 1.82) is 0 Å². The summed E-state index contributed by atoms with van der Waals surface area (Å²) in [5, 5.41) is 4.73. The molecule has 0 saturated heterocycles. The minimum absolute atomic E-state index is 0.404. The van der Waals surface area contributed by atoms with Crippen LogP contribution in [0.1, 0.15) is 28.6 Å². The highest BCUT2D eigenvalue weighted by molar-refractivity contribution is 6.31. The molecule has 7 heteroatoms. The van der Waals surface area contributed by atoms with Gasteiger partial charge in [0.15, 0.2) is 0 Å². The molecule has 3 nitrogen and oxygen atoms in total. The second-order valence-electron chi connectivity index (χ2n) is 4.90. The fourth-order valence-corrected chi connectivity index (χ4v) is 2.38. The minimum Gasteiger partial charge on any atom is -0.324 e. The van der Waals surface area contributed by atoms with Crippen molar-refractivity contribution >= 4 is 11.6 Å². The molecule has 0 aliphatic carbocycles. The molecule has 1 atom stereocenters. The lowest BCUT2D eigenvalue weighted by Gasteiger charge is -2.14. The number of alkyl halides is 3. The molecule has 114 valence electrons. The van der Waals surface area contributed by atoms with E-state index in [9.17, 15) is 13.2 Å². The number of aromatic nitrogens is 2. The second-order valence-corrected chi connectivity index (χ2v) is 5.28. The monoisotopic (exact) mass is 317 g/mol. The van der Waals surface area contributed by atoms with Gasteiger partial charge in [0.2, 0.25) is 0 Å². The Kier molecular flexibility index (Phi) is 4.30. The van der Waals surface area contributed by atoms with Crippen LogP contribution in [0.4, 0.5) is 13.2 Å². The van der Waals surface area contributed by atoms with Gasteiger partial charge in [0.25, 0.3) is 0 Å². The van der Waals surface area contributed by atoms with E-state index in [1.807, 2.05) is 0 Å². The summed E-state index contributed by atoms with van der Waals surface area (Å²) >= 11 is 6.14. The third-order valence-corrected chi connectivity index (χ3v) is 3.83. The third kappa shape index (κ3) is 3.39. The SMILES string of the molecule is Cc1nn(C)c(CC(N)c2ccc(C(F)(F)F)cc2)c1Cl. The molecule has 1 unspecified atom stereocenters. The Bertz CT molecular complexity index is 632. The number of aryl methyl sites for hydroxylation is 2. The van der Waals surface area contributed by atoms with Gasteiger partial charge in [-0.15, -0.1) is 0 Å². The standard InChI is InChI=1S/C14H15ClF3N3/c1-8-13(15)12(21(2)20-8)7-11(19)9-3-5-10(6-4-9)14(16,17)18/h3-6,11H,7,19H2,1-2H3. The van der Waals surface area contributed by atoms with E-state index in [0.29, 0.717) is 22.7 Å². The summed E-state index contributed by atoms with van der Waals surface area (Å²) in [7, 11) is 1.76. The summed E-state index contributed by atoms with van der Waals surface area (Å²) in [5.41, 5.74) is 7.46. The number of nitrogens with zero attached hydrogens (tertiary/aromatic N) is 2. The molecule has 21 heavy (non-hydrogen) atoms. The largest absolute Gasteiger partial charge is 0.416 e. The average Bonchev–Trinajstić information content (AvgIpc) is 2.64. The van der Waals surface area contributed by atoms with Crippen molar-refractivity contribution in [1.82, 2.24) is 9.78 Å². The van der Waals surface area contributed by atoms with Crippen LogP contribution in [0.5, 0.6) is 0 Å². The van der Waals surface area contributed by atoms with E-state index in [1.165, 1.54) is 12.1 Å². The smallest absolute Gasteiger partial charge is 0.324 e. The first-order chi connectivity index (χ1) is 9.70. The summed E-state index contributed by atoms with van der Waals surface area (Å²) in [6, 6.07) is 4.41. The van der Waals surface area contributed by atoms with Crippen molar-refractivity contribution in [2.24, 2.45) is 12.8 Å². The van der Waals surface area contributed by atoms with E-state index < -0.39 is 17.8 Å². The predicted octanol–water partition coefficient (Wildman–Crippen LogP) is 3.64. The van der Waals surface area contributed by atoms with Gasteiger partial charge in [0.05, 0.1) is 22.0 Å². The molecule has 1 aromatic carbocycles. The van der Waals surface area contributed by atoms with Crippen molar-refractivity contribution in [2.75, 3.05) is 0 Å². The lowest BCUT2D eigenvalue weighted by molar-refractivity contribution is -0.137. The molecule has 2 N–H and O–H groups in total. The van der Waals surface area contributed by atoms with Crippen LogP contribution in [0.3, 0.4) is 0 Å². The van der Waals surface area contributed by atoms with Crippen LogP contribution in [-0.2, 0) is 19.6 Å². The number of nitrogens with two attached hydrogens (primary N) is 1. The lowest BCUT2D eigenvalue weighted by Crippen LogP contribution is -2.16. The zero-order chi connectivity index (χ0) is 15.8. The Morgan fingerprint density at radius 2 is 1.86 bits per heavy atom. The van der Waals surface area contributed by atoms with E-state index in [4.69, 9.17) is 17.3 Å². The molecule has 2 rings (SSSR count). The molecule has 0 fully saturated rings. The molecule has 2 aromatic rings. The molecule has 0 amide bonds. The van der Waals surface area contributed by atoms with Gasteiger partial charge in [0, 0.05) is 19.5 Å². The highest BCUT2D eigenvalue weighted by Gasteiger charge is 2.30. The maximum absolute atomic E-state index is 12.5. The molecule has 0 aliphatic rings. The molecule has 1 heterocycles. The molecular formula is C14H15ClF3N3. The molecule has 1 aromatic heterocycles. The summed E-state index contributed by atoms with van der Waals surface area (Å²) in [6.45, 7) is 1.79. The van der Waals surface area contributed by atoms with Crippen molar-refractivity contribution in [3.05, 3.63) is 51.8 Å². The fourth-order valence-electron chi connectivity index (χ4n) is 2.15. The van der Waals surface area contributed by atoms with E-state index >= 15 is 0 Å². The van der Waals surface area contributed by atoms with Crippen molar-refractivity contribution in [3.63, 3.8) is 0 Å². The van der Waals surface area contributed by atoms with Gasteiger partial charge in [0.1, 0.15) is 0 Å². The fraction of sp³-hybridized carbons (Fsp3) is 0.357. The second kappa shape index (κ2) is 5.69. The Morgan fingerprint density at radius 3 is 2.29 bits per heavy atom. The molecule has 0 spiro atoms. The van der Waals surface area contributed by atoms with Crippen LogP contribution in [0.2, 0.25) is 5.02 Å². The van der Waals surface area contributed by atoms with Gasteiger partial charge in [-0.1, -0.05) is 23.7 Å². The van der Waals surface area contributed by atoms with E-state index in [0.717, 1.165) is 17.8 Å².